The van der Waals surface area contributed by atoms with Gasteiger partial charge in [0, 0.05) is 16.3 Å². The minimum absolute atomic E-state index is 0.471. The van der Waals surface area contributed by atoms with Crippen molar-refractivity contribution in [3.63, 3.8) is 0 Å². The van der Waals surface area contributed by atoms with Crippen molar-refractivity contribution in [1.29, 1.82) is 0 Å². The van der Waals surface area contributed by atoms with Crippen LogP contribution in [0.15, 0.2) is 52.9 Å². The van der Waals surface area contributed by atoms with E-state index in [9.17, 15) is 0 Å². The van der Waals surface area contributed by atoms with E-state index in [1.807, 2.05) is 49.4 Å². The maximum absolute atomic E-state index is 5.96. The predicted octanol–water partition coefficient (Wildman–Crippen LogP) is 4.31. The van der Waals surface area contributed by atoms with Crippen LogP contribution in [0.1, 0.15) is 11.5 Å². The molecule has 21 heavy (non-hydrogen) atoms. The van der Waals surface area contributed by atoms with E-state index in [-0.39, 0.29) is 0 Å². The van der Waals surface area contributed by atoms with E-state index in [1.54, 1.807) is 6.07 Å². The van der Waals surface area contributed by atoms with Crippen LogP contribution in [0.4, 0.5) is 5.69 Å². The Kier molecular flexibility index (Phi) is 3.88. The highest BCUT2D eigenvalue weighted by Crippen LogP contribution is 2.22. The third-order valence-electron chi connectivity index (χ3n) is 3.11. The average Bonchev–Trinajstić information content (AvgIpc) is 2.95. The molecule has 0 spiro atoms. The number of aromatic nitrogens is 2. The van der Waals surface area contributed by atoms with Gasteiger partial charge in [0.1, 0.15) is 0 Å². The van der Waals surface area contributed by atoms with Crippen molar-refractivity contribution >= 4 is 17.3 Å². The van der Waals surface area contributed by atoms with Crippen molar-refractivity contribution in [2.75, 3.05) is 5.32 Å². The highest BCUT2D eigenvalue weighted by molar-refractivity contribution is 6.30. The predicted molar refractivity (Wildman–Crippen MR) is 83.2 cm³/mol. The van der Waals surface area contributed by atoms with Crippen LogP contribution in [0, 0.1) is 6.92 Å². The molecule has 3 aromatic rings. The Morgan fingerprint density at radius 1 is 1.10 bits per heavy atom. The number of nitrogens with zero attached hydrogens (tertiary/aromatic N) is 2. The molecule has 3 rings (SSSR count). The molecule has 0 aliphatic rings. The van der Waals surface area contributed by atoms with E-state index in [4.69, 9.17) is 16.0 Å². The van der Waals surface area contributed by atoms with Crippen molar-refractivity contribution in [1.82, 2.24) is 10.2 Å². The van der Waals surface area contributed by atoms with Gasteiger partial charge in [-0.05, 0) is 36.8 Å². The molecule has 5 heteroatoms. The van der Waals surface area contributed by atoms with Gasteiger partial charge in [-0.1, -0.05) is 35.9 Å². The number of benzene rings is 2. The van der Waals surface area contributed by atoms with Crippen LogP contribution in [0.2, 0.25) is 5.02 Å². The maximum Gasteiger partial charge on any atom is 0.247 e. The third-order valence-corrected chi connectivity index (χ3v) is 3.35. The molecule has 0 radical (unpaired) electrons. The fourth-order valence-corrected chi connectivity index (χ4v) is 2.20. The van der Waals surface area contributed by atoms with Crippen LogP contribution in [0.5, 0.6) is 0 Å². The van der Waals surface area contributed by atoms with Gasteiger partial charge in [-0.2, -0.15) is 0 Å². The Morgan fingerprint density at radius 2 is 1.95 bits per heavy atom. The van der Waals surface area contributed by atoms with Crippen molar-refractivity contribution in [2.24, 2.45) is 0 Å². The van der Waals surface area contributed by atoms with Crippen LogP contribution in [0.3, 0.4) is 0 Å². The number of halogens is 1. The minimum atomic E-state index is 0.471. The summed E-state index contributed by atoms with van der Waals surface area (Å²) in [5.41, 5.74) is 3.05. The van der Waals surface area contributed by atoms with Gasteiger partial charge in [0.15, 0.2) is 0 Å². The first kappa shape index (κ1) is 13.6. The van der Waals surface area contributed by atoms with Crippen LogP contribution in [-0.4, -0.2) is 10.2 Å². The number of hydrogen-bond acceptors (Lipinski definition) is 4. The first-order chi connectivity index (χ1) is 10.2. The molecule has 0 saturated heterocycles. The minimum Gasteiger partial charge on any atom is -0.419 e. The zero-order chi connectivity index (χ0) is 14.7. The normalized spacial score (nSPS) is 10.6. The molecule has 4 nitrogen and oxygen atoms in total. The van der Waals surface area contributed by atoms with Crippen molar-refractivity contribution in [3.05, 3.63) is 65.0 Å². The summed E-state index contributed by atoms with van der Waals surface area (Å²) in [6.07, 6.45) is 0. The zero-order valence-electron chi connectivity index (χ0n) is 11.5. The molecule has 0 unspecified atom stereocenters. The molecule has 0 saturated carbocycles. The second-order valence-electron chi connectivity index (χ2n) is 4.68. The number of anilines is 1. The van der Waals surface area contributed by atoms with Gasteiger partial charge < -0.3 is 9.73 Å². The van der Waals surface area contributed by atoms with Gasteiger partial charge in [-0.15, -0.1) is 10.2 Å². The summed E-state index contributed by atoms with van der Waals surface area (Å²) in [4.78, 5) is 0. The molecule has 0 fully saturated rings. The Bertz CT molecular complexity index is 755. The SMILES string of the molecule is Cc1ccccc1NCc1nnc(-c2cccc(Cl)c2)o1. The highest BCUT2D eigenvalue weighted by Gasteiger charge is 2.09. The molecule has 0 aliphatic heterocycles. The van der Waals surface area contributed by atoms with Crippen molar-refractivity contribution in [3.8, 4) is 11.5 Å². The fourth-order valence-electron chi connectivity index (χ4n) is 2.01. The molecule has 1 aromatic heterocycles. The monoisotopic (exact) mass is 299 g/mol. The number of para-hydroxylation sites is 1. The van der Waals surface area contributed by atoms with Gasteiger partial charge in [0.05, 0.1) is 6.54 Å². The highest BCUT2D eigenvalue weighted by atomic mass is 35.5. The lowest BCUT2D eigenvalue weighted by molar-refractivity contribution is 0.515. The van der Waals surface area contributed by atoms with E-state index in [0.717, 1.165) is 11.3 Å². The fraction of sp³-hybridized carbons (Fsp3) is 0.125. The maximum atomic E-state index is 5.96. The summed E-state index contributed by atoms with van der Waals surface area (Å²) < 4.78 is 5.64. The van der Waals surface area contributed by atoms with E-state index in [0.29, 0.717) is 23.3 Å². The number of hydrogen-bond donors (Lipinski definition) is 1. The molecular weight excluding hydrogens is 286 g/mol. The van der Waals surface area contributed by atoms with Gasteiger partial charge in [0.25, 0.3) is 0 Å². The number of rotatable bonds is 4. The molecular formula is C16H14ClN3O. The number of nitrogens with one attached hydrogen (secondary N) is 1. The summed E-state index contributed by atoms with van der Waals surface area (Å²) >= 11 is 5.96. The molecule has 0 amide bonds. The molecule has 0 atom stereocenters. The Balaban J connectivity index is 1.72. The van der Waals surface area contributed by atoms with Crippen LogP contribution in [0.25, 0.3) is 11.5 Å². The molecule has 0 aliphatic carbocycles. The molecule has 2 aromatic carbocycles. The molecule has 1 heterocycles. The lowest BCUT2D eigenvalue weighted by atomic mass is 10.2. The van der Waals surface area contributed by atoms with E-state index >= 15 is 0 Å². The van der Waals surface area contributed by atoms with E-state index < -0.39 is 0 Å². The average molecular weight is 300 g/mol. The second-order valence-corrected chi connectivity index (χ2v) is 5.12. The van der Waals surface area contributed by atoms with Gasteiger partial charge >= 0.3 is 0 Å². The smallest absolute Gasteiger partial charge is 0.247 e. The van der Waals surface area contributed by atoms with E-state index in [1.165, 1.54) is 5.56 Å². The lowest BCUT2D eigenvalue weighted by Gasteiger charge is -2.06. The lowest BCUT2D eigenvalue weighted by Crippen LogP contribution is -2.00. The summed E-state index contributed by atoms with van der Waals surface area (Å²) in [5.74, 6) is 1.01. The summed E-state index contributed by atoms with van der Waals surface area (Å²) in [7, 11) is 0. The topological polar surface area (TPSA) is 51.0 Å². The Morgan fingerprint density at radius 3 is 2.76 bits per heavy atom. The first-order valence-corrected chi connectivity index (χ1v) is 6.98. The van der Waals surface area contributed by atoms with Crippen LogP contribution >= 0.6 is 11.6 Å². The second kappa shape index (κ2) is 5.97. The third kappa shape index (κ3) is 3.23. The summed E-state index contributed by atoms with van der Waals surface area (Å²) in [6.45, 7) is 2.53. The Labute approximate surface area is 127 Å². The molecule has 106 valence electrons. The van der Waals surface area contributed by atoms with E-state index in [2.05, 4.69) is 15.5 Å². The van der Waals surface area contributed by atoms with Gasteiger partial charge in [0.2, 0.25) is 11.8 Å². The zero-order valence-corrected chi connectivity index (χ0v) is 12.3. The number of aryl methyl sites for hydroxylation is 1. The Hall–Kier alpha value is -2.33. The van der Waals surface area contributed by atoms with Crippen LogP contribution < -0.4 is 5.32 Å². The summed E-state index contributed by atoms with van der Waals surface area (Å²) in [5, 5.41) is 12.0. The molecule has 1 N–H and O–H groups in total. The van der Waals surface area contributed by atoms with Gasteiger partial charge in [-0.25, -0.2) is 0 Å². The van der Waals surface area contributed by atoms with Crippen molar-refractivity contribution < 1.29 is 4.42 Å². The summed E-state index contributed by atoms with van der Waals surface area (Å²) in [6, 6.07) is 15.4. The largest absolute Gasteiger partial charge is 0.419 e. The molecule has 0 bridgehead atoms. The first-order valence-electron chi connectivity index (χ1n) is 6.60. The quantitative estimate of drug-likeness (QED) is 0.780. The van der Waals surface area contributed by atoms with Crippen molar-refractivity contribution in [2.45, 2.75) is 13.5 Å². The standard InChI is InChI=1S/C16H14ClN3O/c1-11-5-2-3-8-14(11)18-10-15-19-20-16(21-15)12-6-4-7-13(17)9-12/h2-9,18H,10H2,1H3. The van der Waals surface area contributed by atoms with Crippen LogP contribution in [-0.2, 0) is 6.54 Å². The van der Waals surface area contributed by atoms with Gasteiger partial charge in [-0.3, -0.25) is 0 Å².